The van der Waals surface area contributed by atoms with Crippen LogP contribution in [0.3, 0.4) is 0 Å². The second-order valence-corrected chi connectivity index (χ2v) is 5.69. The molecular formula is C17H22O2. The average molecular weight is 258 g/mol. The number of hydrogen-bond donors (Lipinski definition) is 0. The second kappa shape index (κ2) is 5.10. The predicted octanol–water partition coefficient (Wildman–Crippen LogP) is 3.55. The fourth-order valence-corrected chi connectivity index (χ4v) is 3.49. The van der Waals surface area contributed by atoms with E-state index in [4.69, 9.17) is 9.47 Å². The normalized spacial score (nSPS) is 25.0. The molecule has 19 heavy (non-hydrogen) atoms. The predicted molar refractivity (Wildman–Crippen MR) is 76.4 cm³/mol. The molecule has 0 bridgehead atoms. The summed E-state index contributed by atoms with van der Waals surface area (Å²) < 4.78 is 11.8. The van der Waals surface area contributed by atoms with Gasteiger partial charge in [-0.15, -0.1) is 6.58 Å². The molecule has 2 heterocycles. The highest BCUT2D eigenvalue weighted by Crippen LogP contribution is 2.45. The van der Waals surface area contributed by atoms with Gasteiger partial charge >= 0.3 is 0 Å². The summed E-state index contributed by atoms with van der Waals surface area (Å²) in [5.74, 6) is 0.472. The molecule has 1 aromatic rings. The Morgan fingerprint density at radius 1 is 1.37 bits per heavy atom. The summed E-state index contributed by atoms with van der Waals surface area (Å²) in [7, 11) is 0. The largest absolute Gasteiger partial charge is 0.381 e. The van der Waals surface area contributed by atoms with E-state index in [2.05, 4.69) is 31.7 Å². The number of ether oxygens (including phenoxy) is 2. The highest BCUT2D eigenvalue weighted by atomic mass is 16.5. The van der Waals surface area contributed by atoms with Crippen LogP contribution in [0.4, 0.5) is 0 Å². The summed E-state index contributed by atoms with van der Waals surface area (Å²) in [5.41, 5.74) is 4.20. The third kappa shape index (κ3) is 2.13. The number of rotatable bonds is 2. The van der Waals surface area contributed by atoms with Crippen molar-refractivity contribution in [2.75, 3.05) is 19.8 Å². The molecule has 2 nitrogen and oxygen atoms in total. The molecule has 102 valence electrons. The SMILES string of the molecule is C=CCc1cccc2c1[C@H](C)COC21CCOCC1. The second-order valence-electron chi connectivity index (χ2n) is 5.69. The van der Waals surface area contributed by atoms with E-state index in [9.17, 15) is 0 Å². The first-order chi connectivity index (χ1) is 9.27. The molecule has 0 aromatic heterocycles. The minimum absolute atomic E-state index is 0.0999. The van der Waals surface area contributed by atoms with E-state index in [1.807, 2.05) is 6.08 Å². The van der Waals surface area contributed by atoms with E-state index < -0.39 is 0 Å². The van der Waals surface area contributed by atoms with Crippen molar-refractivity contribution in [1.82, 2.24) is 0 Å². The maximum Gasteiger partial charge on any atom is 0.0978 e. The molecule has 0 amide bonds. The third-order valence-corrected chi connectivity index (χ3v) is 4.45. The van der Waals surface area contributed by atoms with Crippen LogP contribution in [0.1, 0.15) is 42.4 Å². The highest BCUT2D eigenvalue weighted by Gasteiger charge is 2.41. The van der Waals surface area contributed by atoms with E-state index in [0.717, 1.165) is 39.1 Å². The van der Waals surface area contributed by atoms with Crippen LogP contribution in [0.2, 0.25) is 0 Å². The topological polar surface area (TPSA) is 18.5 Å². The molecule has 0 unspecified atom stereocenters. The molecule has 0 radical (unpaired) electrons. The van der Waals surface area contributed by atoms with Crippen molar-refractivity contribution >= 4 is 0 Å². The Morgan fingerprint density at radius 2 is 2.16 bits per heavy atom. The van der Waals surface area contributed by atoms with Crippen molar-refractivity contribution in [3.63, 3.8) is 0 Å². The van der Waals surface area contributed by atoms with Gasteiger partial charge in [0.15, 0.2) is 0 Å². The molecule has 1 spiro atoms. The van der Waals surface area contributed by atoms with Gasteiger partial charge in [0.25, 0.3) is 0 Å². The lowest BCUT2D eigenvalue weighted by molar-refractivity contribution is -0.128. The highest BCUT2D eigenvalue weighted by molar-refractivity contribution is 5.44. The van der Waals surface area contributed by atoms with Gasteiger partial charge in [-0.2, -0.15) is 0 Å². The Labute approximate surface area is 115 Å². The van der Waals surface area contributed by atoms with Crippen molar-refractivity contribution in [2.45, 2.75) is 37.7 Å². The fraction of sp³-hybridized carbons (Fsp3) is 0.529. The quantitative estimate of drug-likeness (QED) is 0.755. The van der Waals surface area contributed by atoms with Crippen molar-refractivity contribution < 1.29 is 9.47 Å². The van der Waals surface area contributed by atoms with E-state index in [1.165, 1.54) is 16.7 Å². The molecule has 0 saturated carbocycles. The van der Waals surface area contributed by atoms with Crippen molar-refractivity contribution in [3.8, 4) is 0 Å². The fourth-order valence-electron chi connectivity index (χ4n) is 3.49. The molecule has 0 aliphatic carbocycles. The van der Waals surface area contributed by atoms with Gasteiger partial charge in [0, 0.05) is 32.0 Å². The first kappa shape index (κ1) is 12.9. The van der Waals surface area contributed by atoms with Gasteiger partial charge in [0.05, 0.1) is 12.2 Å². The monoisotopic (exact) mass is 258 g/mol. The number of benzene rings is 1. The van der Waals surface area contributed by atoms with Gasteiger partial charge in [0.2, 0.25) is 0 Å². The van der Waals surface area contributed by atoms with Gasteiger partial charge in [-0.25, -0.2) is 0 Å². The molecule has 1 atom stereocenters. The Morgan fingerprint density at radius 3 is 2.89 bits per heavy atom. The number of fused-ring (bicyclic) bond motifs is 2. The zero-order valence-corrected chi connectivity index (χ0v) is 11.7. The molecule has 2 aliphatic heterocycles. The van der Waals surface area contributed by atoms with Crippen LogP contribution in [0, 0.1) is 0 Å². The zero-order chi connectivity index (χ0) is 13.3. The van der Waals surface area contributed by atoms with Crippen LogP contribution in [-0.4, -0.2) is 19.8 Å². The number of allylic oxidation sites excluding steroid dienone is 1. The van der Waals surface area contributed by atoms with Gasteiger partial charge in [-0.05, 0) is 23.1 Å². The van der Waals surface area contributed by atoms with Gasteiger partial charge < -0.3 is 9.47 Å². The van der Waals surface area contributed by atoms with E-state index in [-0.39, 0.29) is 5.60 Å². The van der Waals surface area contributed by atoms with E-state index >= 15 is 0 Å². The molecular weight excluding hydrogens is 236 g/mol. The van der Waals surface area contributed by atoms with Crippen LogP contribution < -0.4 is 0 Å². The van der Waals surface area contributed by atoms with Crippen molar-refractivity contribution in [1.29, 1.82) is 0 Å². The lowest BCUT2D eigenvalue weighted by Crippen LogP contribution is -2.41. The van der Waals surface area contributed by atoms with Crippen molar-refractivity contribution in [3.05, 3.63) is 47.5 Å². The Balaban J connectivity index is 2.09. The smallest absolute Gasteiger partial charge is 0.0978 e. The zero-order valence-electron chi connectivity index (χ0n) is 11.7. The maximum absolute atomic E-state index is 6.27. The molecule has 0 N–H and O–H groups in total. The Kier molecular flexibility index (Phi) is 3.46. The summed E-state index contributed by atoms with van der Waals surface area (Å²) in [6.45, 7) is 8.57. The standard InChI is InChI=1S/C17H22O2/c1-3-5-14-6-4-7-15-16(14)13(2)12-19-17(15)8-10-18-11-9-17/h3-4,6-7,13H,1,5,8-12H2,2H3/t13-/m1/s1. The minimum atomic E-state index is -0.0999. The van der Waals surface area contributed by atoms with Crippen LogP contribution >= 0.6 is 0 Å². The first-order valence-corrected chi connectivity index (χ1v) is 7.22. The van der Waals surface area contributed by atoms with Crippen LogP contribution in [-0.2, 0) is 21.5 Å². The van der Waals surface area contributed by atoms with Crippen LogP contribution in [0.15, 0.2) is 30.9 Å². The molecule has 2 aliphatic rings. The summed E-state index contributed by atoms with van der Waals surface area (Å²) in [5, 5.41) is 0. The van der Waals surface area contributed by atoms with Gasteiger partial charge in [-0.3, -0.25) is 0 Å². The lowest BCUT2D eigenvalue weighted by atomic mass is 9.76. The molecule has 2 heteroatoms. The maximum atomic E-state index is 6.27. The van der Waals surface area contributed by atoms with Crippen LogP contribution in [0.25, 0.3) is 0 Å². The van der Waals surface area contributed by atoms with E-state index in [1.54, 1.807) is 0 Å². The molecule has 1 fully saturated rings. The summed E-state index contributed by atoms with van der Waals surface area (Å²) in [6, 6.07) is 6.65. The molecule has 3 rings (SSSR count). The summed E-state index contributed by atoms with van der Waals surface area (Å²) >= 11 is 0. The minimum Gasteiger partial charge on any atom is -0.381 e. The van der Waals surface area contributed by atoms with Gasteiger partial charge in [0.1, 0.15) is 0 Å². The van der Waals surface area contributed by atoms with Crippen LogP contribution in [0.5, 0.6) is 0 Å². The Hall–Kier alpha value is -1.12. The molecule has 1 aromatic carbocycles. The third-order valence-electron chi connectivity index (χ3n) is 4.45. The lowest BCUT2D eigenvalue weighted by Gasteiger charge is -2.44. The average Bonchev–Trinajstić information content (AvgIpc) is 2.45. The van der Waals surface area contributed by atoms with Crippen molar-refractivity contribution in [2.24, 2.45) is 0 Å². The first-order valence-electron chi connectivity index (χ1n) is 7.22. The molecule has 1 saturated heterocycles. The number of hydrogen-bond acceptors (Lipinski definition) is 2. The van der Waals surface area contributed by atoms with E-state index in [0.29, 0.717) is 5.92 Å². The summed E-state index contributed by atoms with van der Waals surface area (Å²) in [4.78, 5) is 0. The Bertz CT molecular complexity index is 472. The summed E-state index contributed by atoms with van der Waals surface area (Å²) in [6.07, 6.45) is 4.89. The van der Waals surface area contributed by atoms with Gasteiger partial charge in [-0.1, -0.05) is 31.2 Å².